The quantitative estimate of drug-likeness (QED) is 0.423. The van der Waals surface area contributed by atoms with Crippen LogP contribution in [0.25, 0.3) is 11.4 Å². The number of pyridine rings is 1. The normalized spacial score (nSPS) is 12.8. The topological polar surface area (TPSA) is 132 Å². The second-order valence-corrected chi connectivity index (χ2v) is 7.50. The van der Waals surface area contributed by atoms with E-state index in [1.165, 1.54) is 6.20 Å². The van der Waals surface area contributed by atoms with Gasteiger partial charge in [0.05, 0.1) is 36.2 Å². The van der Waals surface area contributed by atoms with Crippen LogP contribution in [0.5, 0.6) is 5.75 Å². The molecule has 0 radical (unpaired) electrons. The zero-order chi connectivity index (χ0) is 23.4. The summed E-state index contributed by atoms with van der Waals surface area (Å²) in [5, 5.41) is 10.4. The van der Waals surface area contributed by atoms with Gasteiger partial charge in [0.2, 0.25) is 5.91 Å². The molecular formula is C22H25N7O4. The maximum Gasteiger partial charge on any atom is 0.278 e. The number of carbonyl (C=O) groups is 2. The minimum absolute atomic E-state index is 0.0202. The Hall–Kier alpha value is -3.99. The molecule has 0 bridgehead atoms. The highest BCUT2D eigenvalue weighted by Crippen LogP contribution is 2.37. The molecule has 0 aliphatic heterocycles. The molecule has 172 valence electrons. The third kappa shape index (κ3) is 5.09. The molecule has 2 amide bonds. The van der Waals surface area contributed by atoms with Gasteiger partial charge < -0.3 is 15.4 Å². The number of para-hydroxylation sites is 1. The van der Waals surface area contributed by atoms with E-state index in [9.17, 15) is 9.59 Å². The van der Waals surface area contributed by atoms with E-state index in [0.717, 1.165) is 12.8 Å². The van der Waals surface area contributed by atoms with Crippen LogP contribution in [0.2, 0.25) is 0 Å². The van der Waals surface area contributed by atoms with Crippen LogP contribution in [0.1, 0.15) is 30.1 Å². The molecule has 2 heterocycles. The van der Waals surface area contributed by atoms with Crippen LogP contribution in [-0.2, 0) is 16.7 Å². The first-order valence-electron chi connectivity index (χ1n) is 10.5. The van der Waals surface area contributed by atoms with E-state index in [2.05, 4.69) is 31.2 Å². The van der Waals surface area contributed by atoms with Gasteiger partial charge >= 0.3 is 0 Å². The van der Waals surface area contributed by atoms with E-state index in [0.29, 0.717) is 40.9 Å². The monoisotopic (exact) mass is 451 g/mol. The highest BCUT2D eigenvalue weighted by Gasteiger charge is 2.30. The Morgan fingerprint density at radius 3 is 2.70 bits per heavy atom. The predicted molar refractivity (Wildman–Crippen MR) is 121 cm³/mol. The Bertz CT molecular complexity index is 1170. The third-order valence-electron chi connectivity index (χ3n) is 4.99. The average Bonchev–Trinajstić information content (AvgIpc) is 3.58. The van der Waals surface area contributed by atoms with Crippen LogP contribution in [0.3, 0.4) is 0 Å². The number of hydrogen-bond acceptors (Lipinski definition) is 8. The zero-order valence-corrected chi connectivity index (χ0v) is 18.6. The number of hydrogen-bond donors (Lipinski definition) is 3. The highest BCUT2D eigenvalue weighted by molar-refractivity contribution is 6.01. The number of aryl methyl sites for hydroxylation is 1. The van der Waals surface area contributed by atoms with Crippen molar-refractivity contribution < 1.29 is 19.2 Å². The van der Waals surface area contributed by atoms with E-state index >= 15 is 0 Å². The predicted octanol–water partition coefficient (Wildman–Crippen LogP) is 2.66. The number of hydroxylamine groups is 1. The lowest BCUT2D eigenvalue weighted by atomic mass is 10.1. The van der Waals surface area contributed by atoms with Gasteiger partial charge in [-0.1, -0.05) is 6.07 Å². The van der Waals surface area contributed by atoms with E-state index in [1.54, 1.807) is 44.2 Å². The van der Waals surface area contributed by atoms with Crippen molar-refractivity contribution in [3.8, 4) is 17.1 Å². The van der Waals surface area contributed by atoms with Gasteiger partial charge in [-0.3, -0.25) is 19.1 Å². The van der Waals surface area contributed by atoms with Gasteiger partial charge in [0, 0.05) is 25.2 Å². The lowest BCUT2D eigenvalue weighted by Crippen LogP contribution is -2.25. The molecule has 4 rings (SSSR count). The van der Waals surface area contributed by atoms with Crippen LogP contribution in [0, 0.1) is 5.92 Å². The van der Waals surface area contributed by atoms with E-state index in [-0.39, 0.29) is 17.4 Å². The van der Waals surface area contributed by atoms with Gasteiger partial charge in [0.25, 0.3) is 5.91 Å². The molecule has 1 aliphatic rings. The van der Waals surface area contributed by atoms with Gasteiger partial charge in [0.1, 0.15) is 12.1 Å². The second kappa shape index (κ2) is 9.65. The number of aromatic nitrogens is 4. The van der Waals surface area contributed by atoms with Crippen LogP contribution >= 0.6 is 0 Å². The number of ether oxygens (including phenoxy) is 1. The Kier molecular flexibility index (Phi) is 6.50. The Morgan fingerprint density at radius 1 is 1.21 bits per heavy atom. The van der Waals surface area contributed by atoms with Crippen LogP contribution in [0.4, 0.5) is 17.2 Å². The van der Waals surface area contributed by atoms with Crippen molar-refractivity contribution in [3.63, 3.8) is 0 Å². The summed E-state index contributed by atoms with van der Waals surface area (Å²) in [4.78, 5) is 38.4. The molecular weight excluding hydrogens is 426 g/mol. The van der Waals surface area contributed by atoms with Gasteiger partial charge in [-0.25, -0.2) is 15.4 Å². The fraction of sp³-hybridized carbons (Fsp3) is 0.318. The summed E-state index contributed by atoms with van der Waals surface area (Å²) < 4.78 is 7.25. The summed E-state index contributed by atoms with van der Waals surface area (Å²) >= 11 is 0. The van der Waals surface area contributed by atoms with E-state index in [4.69, 9.17) is 9.57 Å². The summed E-state index contributed by atoms with van der Waals surface area (Å²) in [6.07, 6.45) is 4.73. The number of rotatable bonds is 9. The first-order valence-corrected chi connectivity index (χ1v) is 10.5. The van der Waals surface area contributed by atoms with Crippen LogP contribution in [0.15, 0.2) is 36.8 Å². The lowest BCUT2D eigenvalue weighted by molar-refractivity contribution is -0.117. The van der Waals surface area contributed by atoms with Gasteiger partial charge in [-0.15, -0.1) is 0 Å². The number of methoxy groups -OCH3 is 1. The van der Waals surface area contributed by atoms with E-state index in [1.807, 2.05) is 12.1 Å². The second-order valence-electron chi connectivity index (χ2n) is 7.50. The Balaban J connectivity index is 1.70. The molecule has 1 aromatic carbocycles. The summed E-state index contributed by atoms with van der Waals surface area (Å²) in [5.41, 5.74) is 4.28. The number of carbonyl (C=O) groups excluding carboxylic acids is 2. The Labute approximate surface area is 190 Å². The molecule has 0 unspecified atom stereocenters. The Morgan fingerprint density at radius 2 is 2.03 bits per heavy atom. The number of nitrogens with zero attached hydrogens (tertiary/aromatic N) is 4. The van der Waals surface area contributed by atoms with Crippen molar-refractivity contribution in [2.45, 2.75) is 19.8 Å². The molecule has 2 aromatic heterocycles. The zero-order valence-electron chi connectivity index (χ0n) is 18.6. The number of amides is 2. The molecule has 0 saturated heterocycles. The smallest absolute Gasteiger partial charge is 0.278 e. The largest absolute Gasteiger partial charge is 0.494 e. The molecule has 0 spiro atoms. The molecule has 11 nitrogen and oxygen atoms in total. The van der Waals surface area contributed by atoms with Gasteiger partial charge in [-0.2, -0.15) is 5.10 Å². The first kappa shape index (κ1) is 22.2. The summed E-state index contributed by atoms with van der Waals surface area (Å²) in [5.74, 6) is 0.796. The summed E-state index contributed by atoms with van der Waals surface area (Å²) in [6.45, 7) is 2.07. The van der Waals surface area contributed by atoms with Crippen molar-refractivity contribution in [3.05, 3.63) is 42.4 Å². The molecule has 3 N–H and O–H groups in total. The number of anilines is 3. The summed E-state index contributed by atoms with van der Waals surface area (Å²) in [7, 11) is 3.33. The van der Waals surface area contributed by atoms with Gasteiger partial charge in [0.15, 0.2) is 11.6 Å². The van der Waals surface area contributed by atoms with Crippen molar-refractivity contribution in [2.24, 2.45) is 13.0 Å². The average molecular weight is 451 g/mol. The fourth-order valence-electron chi connectivity index (χ4n) is 3.21. The first-order chi connectivity index (χ1) is 16.0. The summed E-state index contributed by atoms with van der Waals surface area (Å²) in [6, 6.07) is 7.08. The minimum atomic E-state index is -0.478. The number of nitrogens with one attached hydrogen (secondary N) is 3. The van der Waals surface area contributed by atoms with Crippen molar-refractivity contribution in [2.75, 3.05) is 24.4 Å². The standard InChI is InChI=1S/C22H25N7O4/c1-4-33-28-22(31)15-11-23-18(26-21(30)13-8-9-13)10-17(15)25-16-7-5-6-14(19(16)32-3)20-24-12-29(2)27-20/h5-7,10-13H,4,8-9H2,1-3H3,(H,28,31)(H2,23,25,26,30). The molecule has 1 saturated carbocycles. The SMILES string of the molecule is CCONC(=O)c1cnc(NC(=O)C2CC2)cc1Nc1cccc(-c2ncn(C)n2)c1OC. The van der Waals surface area contributed by atoms with E-state index < -0.39 is 5.91 Å². The van der Waals surface area contributed by atoms with Crippen LogP contribution in [-0.4, -0.2) is 45.3 Å². The maximum absolute atomic E-state index is 12.7. The van der Waals surface area contributed by atoms with Crippen molar-refractivity contribution >= 4 is 29.0 Å². The molecule has 1 aliphatic carbocycles. The van der Waals surface area contributed by atoms with Crippen molar-refractivity contribution in [1.82, 2.24) is 25.2 Å². The molecule has 1 fully saturated rings. The van der Waals surface area contributed by atoms with Crippen molar-refractivity contribution in [1.29, 1.82) is 0 Å². The molecule has 0 atom stereocenters. The molecule has 11 heteroatoms. The maximum atomic E-state index is 12.7. The number of benzene rings is 1. The fourth-order valence-corrected chi connectivity index (χ4v) is 3.21. The molecule has 33 heavy (non-hydrogen) atoms. The lowest BCUT2D eigenvalue weighted by Gasteiger charge is -2.17. The minimum Gasteiger partial charge on any atom is -0.494 e. The highest BCUT2D eigenvalue weighted by atomic mass is 16.6. The third-order valence-corrected chi connectivity index (χ3v) is 4.99. The molecule has 3 aromatic rings. The van der Waals surface area contributed by atoms with Crippen LogP contribution < -0.4 is 20.9 Å². The van der Waals surface area contributed by atoms with Gasteiger partial charge in [-0.05, 0) is 31.9 Å².